The second-order valence-corrected chi connectivity index (χ2v) is 6.38. The second-order valence-electron chi connectivity index (χ2n) is 6.38. The molecule has 1 saturated carbocycles. The lowest BCUT2D eigenvalue weighted by atomic mass is 10.0. The van der Waals surface area contributed by atoms with Crippen LogP contribution >= 0.6 is 0 Å². The summed E-state index contributed by atoms with van der Waals surface area (Å²) in [6.45, 7) is 9.24. The van der Waals surface area contributed by atoms with Crippen molar-refractivity contribution >= 4 is 0 Å². The maximum absolute atomic E-state index is 2.76. The molecule has 16 heavy (non-hydrogen) atoms. The predicted molar refractivity (Wildman–Crippen MR) is 67.5 cm³/mol. The van der Waals surface area contributed by atoms with Crippen molar-refractivity contribution in [3.8, 4) is 0 Å². The lowest BCUT2D eigenvalue weighted by Crippen LogP contribution is -2.51. The fourth-order valence-electron chi connectivity index (χ4n) is 4.08. The number of rotatable bonds is 2. The molecule has 2 heterocycles. The van der Waals surface area contributed by atoms with Crippen LogP contribution in [0, 0.1) is 11.8 Å². The van der Waals surface area contributed by atoms with Gasteiger partial charge in [-0.3, -0.25) is 4.90 Å². The van der Waals surface area contributed by atoms with Gasteiger partial charge < -0.3 is 4.90 Å². The highest BCUT2D eigenvalue weighted by Crippen LogP contribution is 2.31. The van der Waals surface area contributed by atoms with Gasteiger partial charge in [-0.2, -0.15) is 0 Å². The zero-order chi connectivity index (χ0) is 11.0. The molecular formula is C14H26N2. The van der Waals surface area contributed by atoms with Crippen molar-refractivity contribution in [2.24, 2.45) is 11.8 Å². The van der Waals surface area contributed by atoms with Crippen LogP contribution in [0.2, 0.25) is 0 Å². The van der Waals surface area contributed by atoms with Gasteiger partial charge in [0.05, 0.1) is 0 Å². The van der Waals surface area contributed by atoms with Crippen LogP contribution in [0.3, 0.4) is 0 Å². The van der Waals surface area contributed by atoms with E-state index in [4.69, 9.17) is 0 Å². The summed E-state index contributed by atoms with van der Waals surface area (Å²) >= 11 is 0. The highest BCUT2D eigenvalue weighted by atomic mass is 15.3. The van der Waals surface area contributed by atoms with E-state index < -0.39 is 0 Å². The minimum atomic E-state index is 0.910. The Morgan fingerprint density at radius 3 is 2.81 bits per heavy atom. The molecule has 2 heteroatoms. The molecule has 0 bridgehead atoms. The molecule has 2 aliphatic heterocycles. The molecule has 0 radical (unpaired) electrons. The zero-order valence-corrected chi connectivity index (χ0v) is 10.7. The van der Waals surface area contributed by atoms with Gasteiger partial charge in [-0.15, -0.1) is 0 Å². The molecule has 3 atom stereocenters. The summed E-state index contributed by atoms with van der Waals surface area (Å²) in [5, 5.41) is 0. The molecule has 3 rings (SSSR count). The Hall–Kier alpha value is -0.0800. The maximum Gasteiger partial charge on any atom is 0.0224 e. The summed E-state index contributed by atoms with van der Waals surface area (Å²) in [5.41, 5.74) is 0. The van der Waals surface area contributed by atoms with E-state index in [-0.39, 0.29) is 0 Å². The number of fused-ring (bicyclic) bond motifs is 1. The smallest absolute Gasteiger partial charge is 0.0224 e. The molecule has 0 aromatic rings. The first kappa shape index (κ1) is 11.0. The van der Waals surface area contributed by atoms with Gasteiger partial charge in [0.1, 0.15) is 0 Å². The Bertz CT molecular complexity index is 241. The van der Waals surface area contributed by atoms with Crippen molar-refractivity contribution in [2.75, 3.05) is 32.7 Å². The number of piperazine rings is 1. The van der Waals surface area contributed by atoms with Gasteiger partial charge in [-0.25, -0.2) is 0 Å². The molecule has 92 valence electrons. The largest absolute Gasteiger partial charge is 0.300 e. The lowest BCUT2D eigenvalue weighted by molar-refractivity contribution is 0.0919. The van der Waals surface area contributed by atoms with Gasteiger partial charge in [0.25, 0.3) is 0 Å². The third-order valence-electron chi connectivity index (χ3n) is 4.99. The molecule has 0 N–H and O–H groups in total. The fourth-order valence-corrected chi connectivity index (χ4v) is 4.08. The van der Waals surface area contributed by atoms with E-state index in [9.17, 15) is 0 Å². The molecule has 0 amide bonds. The Morgan fingerprint density at radius 1 is 1.06 bits per heavy atom. The third-order valence-corrected chi connectivity index (χ3v) is 4.99. The van der Waals surface area contributed by atoms with Crippen LogP contribution in [0.1, 0.15) is 39.0 Å². The highest BCUT2D eigenvalue weighted by Gasteiger charge is 2.32. The van der Waals surface area contributed by atoms with E-state index in [1.165, 1.54) is 64.8 Å². The molecule has 3 fully saturated rings. The van der Waals surface area contributed by atoms with E-state index in [2.05, 4.69) is 16.7 Å². The summed E-state index contributed by atoms with van der Waals surface area (Å²) in [7, 11) is 0. The van der Waals surface area contributed by atoms with Gasteiger partial charge >= 0.3 is 0 Å². The molecule has 0 spiro atoms. The van der Waals surface area contributed by atoms with Crippen LogP contribution < -0.4 is 0 Å². The van der Waals surface area contributed by atoms with Crippen LogP contribution in [-0.4, -0.2) is 48.6 Å². The third kappa shape index (κ3) is 2.28. The monoisotopic (exact) mass is 222 g/mol. The standard InChI is InChI=1S/C14H26N2/c1-12-4-5-13(9-12)10-15-7-8-16-6-2-3-14(16)11-15/h12-14H,2-11H2,1H3. The molecule has 0 aromatic heterocycles. The van der Waals surface area contributed by atoms with Crippen molar-refractivity contribution in [3.63, 3.8) is 0 Å². The summed E-state index contributed by atoms with van der Waals surface area (Å²) in [6, 6.07) is 0.910. The van der Waals surface area contributed by atoms with E-state index in [0.29, 0.717) is 0 Å². The normalized spacial score (nSPS) is 41.4. The van der Waals surface area contributed by atoms with Crippen molar-refractivity contribution < 1.29 is 0 Å². The predicted octanol–water partition coefficient (Wildman–Crippen LogP) is 2.20. The Balaban J connectivity index is 1.49. The molecule has 2 saturated heterocycles. The number of hydrogen-bond acceptors (Lipinski definition) is 2. The topological polar surface area (TPSA) is 6.48 Å². The molecule has 0 aromatic carbocycles. The molecule has 2 nitrogen and oxygen atoms in total. The van der Waals surface area contributed by atoms with Gasteiger partial charge in [-0.1, -0.05) is 13.3 Å². The van der Waals surface area contributed by atoms with E-state index in [1.807, 2.05) is 0 Å². The Kier molecular flexibility index (Phi) is 3.21. The molecule has 3 aliphatic rings. The molecule has 1 aliphatic carbocycles. The van der Waals surface area contributed by atoms with E-state index in [1.54, 1.807) is 0 Å². The van der Waals surface area contributed by atoms with Gasteiger partial charge in [-0.05, 0) is 44.1 Å². The van der Waals surface area contributed by atoms with E-state index in [0.717, 1.165) is 17.9 Å². The SMILES string of the molecule is CC1CCC(CN2CCN3CCCC3C2)C1. The van der Waals surface area contributed by atoms with Crippen molar-refractivity contribution in [1.29, 1.82) is 0 Å². The fraction of sp³-hybridized carbons (Fsp3) is 1.00. The number of nitrogens with zero attached hydrogens (tertiary/aromatic N) is 2. The summed E-state index contributed by atoms with van der Waals surface area (Å²) < 4.78 is 0. The average molecular weight is 222 g/mol. The van der Waals surface area contributed by atoms with Gasteiger partial charge in [0, 0.05) is 32.2 Å². The molecular weight excluding hydrogens is 196 g/mol. The van der Waals surface area contributed by atoms with Crippen LogP contribution in [0.15, 0.2) is 0 Å². The van der Waals surface area contributed by atoms with Gasteiger partial charge in [0.2, 0.25) is 0 Å². The van der Waals surface area contributed by atoms with Crippen LogP contribution in [0.4, 0.5) is 0 Å². The summed E-state index contributed by atoms with van der Waals surface area (Å²) in [4.78, 5) is 5.48. The zero-order valence-electron chi connectivity index (χ0n) is 10.7. The first-order valence-electron chi connectivity index (χ1n) is 7.27. The first-order valence-corrected chi connectivity index (χ1v) is 7.27. The van der Waals surface area contributed by atoms with Crippen LogP contribution in [0.5, 0.6) is 0 Å². The van der Waals surface area contributed by atoms with Crippen LogP contribution in [-0.2, 0) is 0 Å². The highest BCUT2D eigenvalue weighted by molar-refractivity contribution is 4.88. The lowest BCUT2D eigenvalue weighted by Gasteiger charge is -2.38. The van der Waals surface area contributed by atoms with Crippen molar-refractivity contribution in [3.05, 3.63) is 0 Å². The Labute approximate surface area is 100.0 Å². The minimum Gasteiger partial charge on any atom is -0.300 e. The van der Waals surface area contributed by atoms with Crippen molar-refractivity contribution in [2.45, 2.75) is 45.1 Å². The Morgan fingerprint density at radius 2 is 2.00 bits per heavy atom. The van der Waals surface area contributed by atoms with Crippen LogP contribution in [0.25, 0.3) is 0 Å². The first-order chi connectivity index (χ1) is 7.81. The maximum atomic E-state index is 2.76. The quantitative estimate of drug-likeness (QED) is 0.707. The summed E-state index contributed by atoms with van der Waals surface area (Å²) in [5.74, 6) is 2.01. The summed E-state index contributed by atoms with van der Waals surface area (Å²) in [6.07, 6.45) is 7.36. The second kappa shape index (κ2) is 4.66. The van der Waals surface area contributed by atoms with E-state index >= 15 is 0 Å². The molecule has 3 unspecified atom stereocenters. The van der Waals surface area contributed by atoms with Gasteiger partial charge in [0.15, 0.2) is 0 Å². The number of hydrogen-bond donors (Lipinski definition) is 0. The minimum absolute atomic E-state index is 0.910. The average Bonchev–Trinajstić information content (AvgIpc) is 2.87. The van der Waals surface area contributed by atoms with Crippen molar-refractivity contribution in [1.82, 2.24) is 9.80 Å².